The van der Waals surface area contributed by atoms with Crippen LogP contribution < -0.4 is 5.32 Å². The second-order valence-electron chi connectivity index (χ2n) is 7.81. The van der Waals surface area contributed by atoms with E-state index in [-0.39, 0.29) is 6.04 Å². The van der Waals surface area contributed by atoms with Gasteiger partial charge in [-0.1, -0.05) is 23.7 Å². The molecule has 0 fully saturated rings. The molecule has 4 aromatic rings. The van der Waals surface area contributed by atoms with E-state index in [9.17, 15) is 0 Å². The van der Waals surface area contributed by atoms with E-state index in [0.717, 1.165) is 22.4 Å². The van der Waals surface area contributed by atoms with Gasteiger partial charge >= 0.3 is 6.01 Å². The predicted octanol–water partition coefficient (Wildman–Crippen LogP) is 4.85. The molecule has 1 aliphatic rings. The van der Waals surface area contributed by atoms with Gasteiger partial charge in [0, 0.05) is 35.7 Å². The molecule has 0 saturated carbocycles. The maximum atomic E-state index is 6.56. The molecule has 8 nitrogen and oxygen atoms in total. The number of guanidine groups is 1. The largest absolute Gasteiger partial charge is 0.421 e. The van der Waals surface area contributed by atoms with Crippen molar-refractivity contribution in [2.24, 2.45) is 12.0 Å². The van der Waals surface area contributed by atoms with Crippen molar-refractivity contribution in [3.63, 3.8) is 0 Å². The van der Waals surface area contributed by atoms with Crippen molar-refractivity contribution >= 4 is 34.8 Å². The summed E-state index contributed by atoms with van der Waals surface area (Å²) in [7, 11) is 1.90. The lowest BCUT2D eigenvalue weighted by atomic mass is 10.0. The zero-order chi connectivity index (χ0) is 22.2. The maximum Gasteiger partial charge on any atom is 0.304 e. The van der Waals surface area contributed by atoms with E-state index >= 15 is 0 Å². The highest BCUT2D eigenvalue weighted by Gasteiger charge is 2.25. The number of fused-ring (bicyclic) bond motifs is 1. The zero-order valence-corrected chi connectivity index (χ0v) is 18.7. The van der Waals surface area contributed by atoms with Crippen molar-refractivity contribution in [3.05, 3.63) is 82.4 Å². The Kier molecular flexibility index (Phi) is 5.14. The zero-order valence-electron chi connectivity index (χ0n) is 18.0. The van der Waals surface area contributed by atoms with Crippen LogP contribution in [0, 0.1) is 6.92 Å². The van der Waals surface area contributed by atoms with Crippen molar-refractivity contribution in [2.45, 2.75) is 26.4 Å². The minimum atomic E-state index is -0.238. The summed E-state index contributed by atoms with van der Waals surface area (Å²) in [5.41, 5.74) is 5.28. The van der Waals surface area contributed by atoms with E-state index in [4.69, 9.17) is 21.0 Å². The monoisotopic (exact) mass is 447 g/mol. The smallest absolute Gasteiger partial charge is 0.304 e. The minimum Gasteiger partial charge on any atom is -0.421 e. The molecule has 32 heavy (non-hydrogen) atoms. The molecule has 9 heteroatoms. The van der Waals surface area contributed by atoms with Crippen LogP contribution in [0.15, 0.2) is 70.1 Å². The second-order valence-corrected chi connectivity index (χ2v) is 8.22. The molecule has 0 amide bonds. The summed E-state index contributed by atoms with van der Waals surface area (Å²) in [5.74, 6) is 0.613. The first-order valence-electron chi connectivity index (χ1n) is 10.2. The SMILES string of the molecule is CC1=CC(c2ccc(C)cc2Cl)N=C(Nc2nc3ncccc3o2)N1Cc1cnn(C)c1. The molecule has 0 bridgehead atoms. The molecule has 3 aromatic heterocycles. The van der Waals surface area contributed by atoms with E-state index < -0.39 is 0 Å². The van der Waals surface area contributed by atoms with E-state index in [0.29, 0.717) is 34.8 Å². The second kappa shape index (κ2) is 8.12. The molecule has 0 spiro atoms. The van der Waals surface area contributed by atoms with Crippen LogP contribution in [0.5, 0.6) is 0 Å². The number of allylic oxidation sites excluding steroid dienone is 1. The van der Waals surface area contributed by atoms with E-state index in [1.165, 1.54) is 0 Å². The quantitative estimate of drug-likeness (QED) is 0.481. The fourth-order valence-corrected chi connectivity index (χ4v) is 4.06. The van der Waals surface area contributed by atoms with Crippen LogP contribution in [0.25, 0.3) is 11.2 Å². The molecule has 0 radical (unpaired) electrons. The third-order valence-corrected chi connectivity index (χ3v) is 5.63. The summed E-state index contributed by atoms with van der Waals surface area (Å²) in [6.45, 7) is 4.66. The average Bonchev–Trinajstić information content (AvgIpc) is 3.35. The number of nitrogens with one attached hydrogen (secondary N) is 1. The summed E-state index contributed by atoms with van der Waals surface area (Å²) in [6.07, 6.45) is 7.61. The number of benzene rings is 1. The number of anilines is 1. The molecular formula is C23H22ClN7O. The number of aryl methyl sites for hydroxylation is 2. The van der Waals surface area contributed by atoms with Gasteiger partial charge in [-0.3, -0.25) is 10.00 Å². The van der Waals surface area contributed by atoms with Crippen LogP contribution in [-0.4, -0.2) is 30.6 Å². The highest BCUT2D eigenvalue weighted by atomic mass is 35.5. The molecule has 1 aliphatic heterocycles. The predicted molar refractivity (Wildman–Crippen MR) is 124 cm³/mol. The number of hydrogen-bond donors (Lipinski definition) is 1. The highest BCUT2D eigenvalue weighted by molar-refractivity contribution is 6.31. The number of oxazole rings is 1. The first kappa shape index (κ1) is 20.3. The Morgan fingerprint density at radius 1 is 1.22 bits per heavy atom. The van der Waals surface area contributed by atoms with Gasteiger partial charge in [-0.15, -0.1) is 0 Å². The Morgan fingerprint density at radius 3 is 2.84 bits per heavy atom. The van der Waals surface area contributed by atoms with Gasteiger partial charge in [-0.25, -0.2) is 9.98 Å². The van der Waals surface area contributed by atoms with Crippen molar-refractivity contribution in [1.29, 1.82) is 0 Å². The van der Waals surface area contributed by atoms with Crippen LogP contribution >= 0.6 is 11.6 Å². The van der Waals surface area contributed by atoms with E-state index in [2.05, 4.69) is 38.3 Å². The minimum absolute atomic E-state index is 0.238. The Bertz CT molecular complexity index is 1320. The Balaban J connectivity index is 1.53. The summed E-state index contributed by atoms with van der Waals surface area (Å²) >= 11 is 6.56. The van der Waals surface area contributed by atoms with Gasteiger partial charge in [0.15, 0.2) is 5.58 Å². The summed E-state index contributed by atoms with van der Waals surface area (Å²) in [4.78, 5) is 15.7. The molecule has 1 atom stereocenters. The highest BCUT2D eigenvalue weighted by Crippen LogP contribution is 2.33. The molecule has 1 N–H and O–H groups in total. The molecule has 162 valence electrons. The number of hydrogen-bond acceptors (Lipinski definition) is 7. The summed E-state index contributed by atoms with van der Waals surface area (Å²) < 4.78 is 7.62. The fraction of sp³-hybridized carbons (Fsp3) is 0.217. The number of pyridine rings is 1. The number of aliphatic imine (C=N–C) groups is 1. The lowest BCUT2D eigenvalue weighted by Gasteiger charge is -2.31. The Morgan fingerprint density at radius 2 is 2.09 bits per heavy atom. The molecular weight excluding hydrogens is 426 g/mol. The van der Waals surface area contributed by atoms with Gasteiger partial charge in [-0.2, -0.15) is 10.1 Å². The van der Waals surface area contributed by atoms with Crippen molar-refractivity contribution in [2.75, 3.05) is 5.32 Å². The number of rotatable bonds is 4. The van der Waals surface area contributed by atoms with Crippen LogP contribution in [0.3, 0.4) is 0 Å². The van der Waals surface area contributed by atoms with Crippen LogP contribution in [-0.2, 0) is 13.6 Å². The summed E-state index contributed by atoms with van der Waals surface area (Å²) in [6, 6.07) is 9.75. The lowest BCUT2D eigenvalue weighted by Crippen LogP contribution is -2.37. The van der Waals surface area contributed by atoms with E-state index in [1.807, 2.05) is 56.7 Å². The van der Waals surface area contributed by atoms with Gasteiger partial charge < -0.3 is 9.32 Å². The van der Waals surface area contributed by atoms with Gasteiger partial charge in [0.1, 0.15) is 6.04 Å². The average molecular weight is 448 g/mol. The van der Waals surface area contributed by atoms with E-state index in [1.54, 1.807) is 10.9 Å². The maximum absolute atomic E-state index is 6.56. The Hall–Kier alpha value is -3.65. The first-order valence-corrected chi connectivity index (χ1v) is 10.6. The van der Waals surface area contributed by atoms with Crippen LogP contribution in [0.4, 0.5) is 6.01 Å². The van der Waals surface area contributed by atoms with Crippen LogP contribution in [0.1, 0.15) is 29.7 Å². The van der Waals surface area contributed by atoms with Crippen molar-refractivity contribution in [1.82, 2.24) is 24.6 Å². The molecule has 0 saturated heterocycles. The molecule has 1 unspecified atom stereocenters. The van der Waals surface area contributed by atoms with Gasteiger partial charge in [-0.05, 0) is 49.2 Å². The molecule has 4 heterocycles. The summed E-state index contributed by atoms with van der Waals surface area (Å²) in [5, 5.41) is 8.23. The molecule has 1 aromatic carbocycles. The lowest BCUT2D eigenvalue weighted by molar-refractivity contribution is 0.482. The van der Waals surface area contributed by atoms with Crippen LogP contribution in [0.2, 0.25) is 5.02 Å². The Labute approximate surface area is 190 Å². The fourth-order valence-electron chi connectivity index (χ4n) is 3.71. The number of halogens is 1. The standard InChI is InChI=1S/C23H22ClN7O/c1-14-6-7-17(18(24)9-14)19-10-15(2)31(13-16-11-26-30(3)12-16)22(27-19)29-23-28-21-20(32-23)5-4-8-25-21/h4-12,19H,13H2,1-3H3,(H,25,27,28,29). The normalized spacial score (nSPS) is 16.2. The van der Waals surface area contributed by atoms with Crippen molar-refractivity contribution < 1.29 is 4.42 Å². The van der Waals surface area contributed by atoms with Gasteiger partial charge in [0.2, 0.25) is 11.6 Å². The molecule has 5 rings (SSSR count). The van der Waals surface area contributed by atoms with Crippen molar-refractivity contribution in [3.8, 4) is 0 Å². The first-order chi connectivity index (χ1) is 15.5. The number of aromatic nitrogens is 4. The molecule has 0 aliphatic carbocycles. The van der Waals surface area contributed by atoms with Gasteiger partial charge in [0.25, 0.3) is 0 Å². The third kappa shape index (κ3) is 3.97. The topological polar surface area (TPSA) is 84.4 Å². The number of nitrogens with zero attached hydrogens (tertiary/aromatic N) is 6. The third-order valence-electron chi connectivity index (χ3n) is 5.30. The van der Waals surface area contributed by atoms with Gasteiger partial charge in [0.05, 0.1) is 12.7 Å².